The third kappa shape index (κ3) is 7.07. The van der Waals surface area contributed by atoms with E-state index >= 15 is 0 Å². The van der Waals surface area contributed by atoms with E-state index in [0.29, 0.717) is 6.54 Å². The summed E-state index contributed by atoms with van der Waals surface area (Å²) in [6, 6.07) is 15.8. The lowest BCUT2D eigenvalue weighted by Gasteiger charge is -2.17. The van der Waals surface area contributed by atoms with Crippen molar-refractivity contribution in [1.29, 1.82) is 0 Å². The van der Waals surface area contributed by atoms with Gasteiger partial charge in [-0.3, -0.25) is 14.5 Å². The molecule has 27 heavy (non-hydrogen) atoms. The number of nitrogens with zero attached hydrogens (tertiary/aromatic N) is 1. The van der Waals surface area contributed by atoms with E-state index in [1.165, 1.54) is 11.1 Å². The predicted octanol–water partition coefficient (Wildman–Crippen LogP) is 2.95. The number of likely N-dealkylation sites (N-methyl/N-ethyl adjacent to an activating group) is 1. The second kappa shape index (κ2) is 10.7. The molecule has 5 nitrogen and oxygen atoms in total. The highest BCUT2D eigenvalue weighted by Crippen LogP contribution is 2.24. The van der Waals surface area contributed by atoms with Crippen LogP contribution in [0.15, 0.2) is 53.4 Å². The molecule has 0 aliphatic carbocycles. The molecule has 0 aliphatic rings. The maximum Gasteiger partial charge on any atom is 0.238 e. The quantitative estimate of drug-likeness (QED) is 0.652. The zero-order valence-electron chi connectivity index (χ0n) is 16.1. The van der Waals surface area contributed by atoms with Crippen molar-refractivity contribution in [2.24, 2.45) is 0 Å². The first-order valence-corrected chi connectivity index (χ1v) is 10.1. The summed E-state index contributed by atoms with van der Waals surface area (Å²) in [4.78, 5) is 27.0. The van der Waals surface area contributed by atoms with E-state index in [2.05, 4.69) is 29.7 Å². The van der Waals surface area contributed by atoms with Crippen LogP contribution in [0.25, 0.3) is 0 Å². The highest BCUT2D eigenvalue weighted by Gasteiger charge is 2.12. The van der Waals surface area contributed by atoms with Crippen LogP contribution in [0, 0.1) is 6.92 Å². The van der Waals surface area contributed by atoms with Crippen molar-refractivity contribution >= 4 is 29.3 Å². The summed E-state index contributed by atoms with van der Waals surface area (Å²) in [5, 5.41) is 5.82. The molecule has 0 unspecified atom stereocenters. The smallest absolute Gasteiger partial charge is 0.238 e. The molecule has 0 spiro atoms. The lowest BCUT2D eigenvalue weighted by molar-refractivity contribution is -0.122. The number of rotatable bonds is 9. The SMILES string of the molecule is CSc1ccccc1NC(=O)CN(C)CC(=O)NCCc1ccccc1C. The van der Waals surface area contributed by atoms with Crippen LogP contribution in [0.3, 0.4) is 0 Å². The standard InChI is InChI=1S/C21H27N3O2S/c1-16-8-4-5-9-17(16)12-13-22-20(25)14-24(2)15-21(26)23-18-10-6-7-11-19(18)27-3/h4-11H,12-15H2,1-3H3,(H,22,25)(H,23,26). The van der Waals surface area contributed by atoms with Crippen molar-refractivity contribution in [3.8, 4) is 0 Å². The Kier molecular flexibility index (Phi) is 8.36. The molecule has 6 heteroatoms. The van der Waals surface area contributed by atoms with Crippen LogP contribution in [0.1, 0.15) is 11.1 Å². The zero-order valence-corrected chi connectivity index (χ0v) is 16.9. The number of nitrogens with one attached hydrogen (secondary N) is 2. The van der Waals surface area contributed by atoms with Gasteiger partial charge in [-0.25, -0.2) is 0 Å². The van der Waals surface area contributed by atoms with Gasteiger partial charge in [0.2, 0.25) is 11.8 Å². The van der Waals surface area contributed by atoms with E-state index < -0.39 is 0 Å². The van der Waals surface area contributed by atoms with Crippen molar-refractivity contribution in [3.63, 3.8) is 0 Å². The zero-order chi connectivity index (χ0) is 19.6. The van der Waals surface area contributed by atoms with Crippen molar-refractivity contribution < 1.29 is 9.59 Å². The highest BCUT2D eigenvalue weighted by atomic mass is 32.2. The number of carbonyl (C=O) groups is 2. The van der Waals surface area contributed by atoms with Crippen LogP contribution in [0.2, 0.25) is 0 Å². The van der Waals surface area contributed by atoms with Crippen LogP contribution in [0.5, 0.6) is 0 Å². The van der Waals surface area contributed by atoms with Gasteiger partial charge in [-0.1, -0.05) is 36.4 Å². The van der Waals surface area contributed by atoms with Crippen LogP contribution >= 0.6 is 11.8 Å². The fourth-order valence-corrected chi connectivity index (χ4v) is 3.32. The van der Waals surface area contributed by atoms with Gasteiger partial charge in [0.25, 0.3) is 0 Å². The van der Waals surface area contributed by atoms with Crippen LogP contribution in [-0.2, 0) is 16.0 Å². The number of hydrogen-bond acceptors (Lipinski definition) is 4. The number of hydrogen-bond donors (Lipinski definition) is 2. The number of para-hydroxylation sites is 1. The van der Waals surface area contributed by atoms with E-state index in [1.54, 1.807) is 23.7 Å². The largest absolute Gasteiger partial charge is 0.355 e. The van der Waals surface area contributed by atoms with Gasteiger partial charge in [0, 0.05) is 11.4 Å². The predicted molar refractivity (Wildman–Crippen MR) is 112 cm³/mol. The Balaban J connectivity index is 1.72. The molecule has 2 amide bonds. The van der Waals surface area contributed by atoms with Crippen LogP contribution in [0.4, 0.5) is 5.69 Å². The average Bonchev–Trinajstić information content (AvgIpc) is 2.63. The number of aryl methyl sites for hydroxylation is 1. The van der Waals surface area contributed by atoms with Gasteiger partial charge in [0.05, 0.1) is 18.8 Å². The summed E-state index contributed by atoms with van der Waals surface area (Å²) < 4.78 is 0. The highest BCUT2D eigenvalue weighted by molar-refractivity contribution is 7.98. The van der Waals surface area contributed by atoms with E-state index in [1.807, 2.05) is 42.7 Å². The fraction of sp³-hybridized carbons (Fsp3) is 0.333. The average molecular weight is 386 g/mol. The molecule has 0 saturated carbocycles. The Morgan fingerprint density at radius 3 is 2.41 bits per heavy atom. The first-order valence-electron chi connectivity index (χ1n) is 8.92. The molecule has 0 saturated heterocycles. The van der Waals surface area contributed by atoms with Crippen LogP contribution in [-0.4, -0.2) is 49.7 Å². The second-order valence-corrected chi connectivity index (χ2v) is 7.30. The normalized spacial score (nSPS) is 10.7. The monoisotopic (exact) mass is 385 g/mol. The number of benzene rings is 2. The molecular formula is C21H27N3O2S. The topological polar surface area (TPSA) is 61.4 Å². The van der Waals surface area contributed by atoms with Crippen LogP contribution < -0.4 is 10.6 Å². The molecule has 2 aromatic carbocycles. The van der Waals surface area contributed by atoms with E-state index in [4.69, 9.17) is 0 Å². The minimum atomic E-state index is -0.133. The summed E-state index contributed by atoms with van der Waals surface area (Å²) in [5.74, 6) is -0.213. The van der Waals surface area contributed by atoms with Crippen molar-refractivity contribution in [2.75, 3.05) is 38.3 Å². The Bertz CT molecular complexity index is 780. The molecule has 0 bridgehead atoms. The first-order chi connectivity index (χ1) is 13.0. The fourth-order valence-electron chi connectivity index (χ4n) is 2.77. The maximum atomic E-state index is 12.2. The number of amides is 2. The Hall–Kier alpha value is -2.31. The minimum absolute atomic E-state index is 0.0802. The van der Waals surface area contributed by atoms with Gasteiger partial charge in [-0.05, 0) is 49.9 Å². The Morgan fingerprint density at radius 2 is 1.67 bits per heavy atom. The number of thioether (sulfide) groups is 1. The lowest BCUT2D eigenvalue weighted by atomic mass is 10.1. The van der Waals surface area contributed by atoms with E-state index in [9.17, 15) is 9.59 Å². The van der Waals surface area contributed by atoms with Crippen molar-refractivity contribution in [2.45, 2.75) is 18.2 Å². The van der Waals surface area contributed by atoms with Gasteiger partial charge >= 0.3 is 0 Å². The third-order valence-electron chi connectivity index (χ3n) is 4.19. The molecule has 2 aromatic rings. The summed E-state index contributed by atoms with van der Waals surface area (Å²) in [5.41, 5.74) is 3.26. The summed E-state index contributed by atoms with van der Waals surface area (Å²) in [6.07, 6.45) is 2.77. The molecule has 2 N–H and O–H groups in total. The molecule has 0 heterocycles. The van der Waals surface area contributed by atoms with Crippen molar-refractivity contribution in [1.82, 2.24) is 10.2 Å². The molecule has 0 radical (unpaired) electrons. The van der Waals surface area contributed by atoms with E-state index in [0.717, 1.165) is 17.0 Å². The maximum absolute atomic E-state index is 12.2. The molecular weight excluding hydrogens is 358 g/mol. The third-order valence-corrected chi connectivity index (χ3v) is 4.98. The lowest BCUT2D eigenvalue weighted by Crippen LogP contribution is -2.39. The minimum Gasteiger partial charge on any atom is -0.355 e. The molecule has 0 aromatic heterocycles. The first kappa shape index (κ1) is 21.0. The van der Waals surface area contributed by atoms with E-state index in [-0.39, 0.29) is 24.9 Å². The Labute approximate surface area is 165 Å². The number of carbonyl (C=O) groups excluding carboxylic acids is 2. The van der Waals surface area contributed by atoms with Crippen molar-refractivity contribution in [3.05, 3.63) is 59.7 Å². The molecule has 0 aliphatic heterocycles. The van der Waals surface area contributed by atoms with Gasteiger partial charge in [-0.15, -0.1) is 11.8 Å². The summed E-state index contributed by atoms with van der Waals surface area (Å²) in [7, 11) is 1.76. The molecule has 2 rings (SSSR count). The summed E-state index contributed by atoms with van der Waals surface area (Å²) >= 11 is 1.58. The van der Waals surface area contributed by atoms with Gasteiger partial charge in [0.15, 0.2) is 0 Å². The van der Waals surface area contributed by atoms with Gasteiger partial charge < -0.3 is 10.6 Å². The second-order valence-electron chi connectivity index (χ2n) is 6.45. The number of anilines is 1. The molecule has 0 fully saturated rings. The Morgan fingerprint density at radius 1 is 1.00 bits per heavy atom. The van der Waals surface area contributed by atoms with Gasteiger partial charge in [0.1, 0.15) is 0 Å². The molecule has 0 atom stereocenters. The molecule has 144 valence electrons. The van der Waals surface area contributed by atoms with Gasteiger partial charge in [-0.2, -0.15) is 0 Å². The summed E-state index contributed by atoms with van der Waals surface area (Å²) in [6.45, 7) is 3.00.